The van der Waals surface area contributed by atoms with Crippen molar-refractivity contribution in [3.8, 4) is 0 Å². The molecule has 1 aliphatic carbocycles. The van der Waals surface area contributed by atoms with Gasteiger partial charge in [-0.15, -0.1) is 24.0 Å². The van der Waals surface area contributed by atoms with Crippen LogP contribution in [0.4, 0.5) is 0 Å². The maximum Gasteiger partial charge on any atom is 0.227 e. The molecule has 128 valence electrons. The van der Waals surface area contributed by atoms with Gasteiger partial charge in [-0.25, -0.2) is 0 Å². The summed E-state index contributed by atoms with van der Waals surface area (Å²) in [6.07, 6.45) is 8.55. The van der Waals surface area contributed by atoms with Crippen molar-refractivity contribution >= 4 is 35.8 Å². The van der Waals surface area contributed by atoms with Crippen LogP contribution >= 0.6 is 24.0 Å². The summed E-state index contributed by atoms with van der Waals surface area (Å²) in [5.74, 6) is 0.779. The molecule has 0 heterocycles. The lowest BCUT2D eigenvalue weighted by molar-refractivity contribution is -0.128. The number of halogens is 1. The third kappa shape index (κ3) is 7.47. The minimum Gasteiger partial charge on any atom is -0.359 e. The summed E-state index contributed by atoms with van der Waals surface area (Å²) in [5, 5.41) is 9.22. The van der Waals surface area contributed by atoms with Crippen LogP contribution in [0.3, 0.4) is 0 Å². The fraction of sp³-hybridized carbons (Fsp3) is 0.750. The average Bonchev–Trinajstić information content (AvgIpc) is 2.50. The number of nitrogens with one attached hydrogen (secondary N) is 3. The normalized spacial score (nSPS) is 15.5. The van der Waals surface area contributed by atoms with E-state index in [0.717, 1.165) is 18.9 Å². The first-order chi connectivity index (χ1) is 9.99. The van der Waals surface area contributed by atoms with Crippen LogP contribution < -0.4 is 16.0 Å². The number of nitrogens with zero attached hydrogens (tertiary/aromatic N) is 1. The predicted octanol–water partition coefficient (Wildman–Crippen LogP) is 2.43. The average molecular weight is 422 g/mol. The Morgan fingerprint density at radius 2 is 2.05 bits per heavy atom. The predicted molar refractivity (Wildman–Crippen MR) is 104 cm³/mol. The monoisotopic (exact) mass is 422 g/mol. The van der Waals surface area contributed by atoms with Crippen LogP contribution in [-0.4, -0.2) is 39.1 Å². The first-order valence-electron chi connectivity index (χ1n) is 7.84. The summed E-state index contributed by atoms with van der Waals surface area (Å²) >= 11 is 0. The summed E-state index contributed by atoms with van der Waals surface area (Å²) in [6, 6.07) is 0. The van der Waals surface area contributed by atoms with Gasteiger partial charge in [0, 0.05) is 27.2 Å². The highest BCUT2D eigenvalue weighted by atomic mass is 127. The highest BCUT2D eigenvalue weighted by molar-refractivity contribution is 14.0. The Hall–Kier alpha value is -0.790. The molecule has 0 aliphatic heterocycles. The van der Waals surface area contributed by atoms with Crippen LogP contribution in [0.5, 0.6) is 0 Å². The highest BCUT2D eigenvalue weighted by Gasteiger charge is 2.26. The van der Waals surface area contributed by atoms with Gasteiger partial charge in [-0.05, 0) is 46.0 Å². The summed E-state index contributed by atoms with van der Waals surface area (Å²) in [6.45, 7) is 5.26. The van der Waals surface area contributed by atoms with E-state index in [4.69, 9.17) is 0 Å². The van der Waals surface area contributed by atoms with Crippen LogP contribution in [-0.2, 0) is 4.79 Å². The van der Waals surface area contributed by atoms with E-state index in [-0.39, 0.29) is 29.9 Å². The van der Waals surface area contributed by atoms with E-state index in [0.29, 0.717) is 6.54 Å². The topological polar surface area (TPSA) is 65.5 Å². The minimum atomic E-state index is -0.460. The van der Waals surface area contributed by atoms with Gasteiger partial charge in [0.1, 0.15) is 0 Å². The van der Waals surface area contributed by atoms with Gasteiger partial charge < -0.3 is 16.0 Å². The molecule has 3 N–H and O–H groups in total. The molecule has 0 saturated heterocycles. The summed E-state index contributed by atoms with van der Waals surface area (Å²) in [7, 11) is 3.41. The van der Waals surface area contributed by atoms with E-state index >= 15 is 0 Å². The SMILES string of the molecule is CN=C(NCCC1=CCCCC1)NCC(C)(C)C(=O)NC.I. The zero-order chi connectivity index (χ0) is 15.7. The molecule has 0 aromatic carbocycles. The van der Waals surface area contributed by atoms with Crippen molar-refractivity contribution in [2.45, 2.75) is 46.0 Å². The van der Waals surface area contributed by atoms with Gasteiger partial charge in [0.25, 0.3) is 0 Å². The number of hydrogen-bond acceptors (Lipinski definition) is 2. The number of amides is 1. The maximum absolute atomic E-state index is 11.7. The van der Waals surface area contributed by atoms with E-state index < -0.39 is 5.41 Å². The van der Waals surface area contributed by atoms with Crippen LogP contribution in [0.15, 0.2) is 16.6 Å². The number of aliphatic imine (C=N–C) groups is 1. The Bertz CT molecular complexity index is 405. The summed E-state index contributed by atoms with van der Waals surface area (Å²) < 4.78 is 0. The number of guanidine groups is 1. The van der Waals surface area contributed by atoms with Gasteiger partial charge in [0.05, 0.1) is 5.41 Å². The van der Waals surface area contributed by atoms with Crippen LogP contribution in [0.25, 0.3) is 0 Å². The molecular weight excluding hydrogens is 391 g/mol. The molecule has 0 aromatic heterocycles. The van der Waals surface area contributed by atoms with E-state index in [1.807, 2.05) is 13.8 Å². The zero-order valence-corrected chi connectivity index (χ0v) is 16.6. The van der Waals surface area contributed by atoms with Crippen molar-refractivity contribution in [1.82, 2.24) is 16.0 Å². The molecule has 1 amide bonds. The lowest BCUT2D eigenvalue weighted by Gasteiger charge is -2.24. The second-order valence-corrected chi connectivity index (χ2v) is 6.17. The van der Waals surface area contributed by atoms with E-state index in [1.165, 1.54) is 25.7 Å². The molecule has 0 radical (unpaired) electrons. The Morgan fingerprint density at radius 1 is 1.32 bits per heavy atom. The van der Waals surface area contributed by atoms with Crippen molar-refractivity contribution in [3.63, 3.8) is 0 Å². The fourth-order valence-electron chi connectivity index (χ4n) is 2.42. The van der Waals surface area contributed by atoms with Crippen molar-refractivity contribution < 1.29 is 4.79 Å². The molecule has 0 spiro atoms. The molecule has 0 bridgehead atoms. The first kappa shape index (κ1) is 21.2. The van der Waals surface area contributed by atoms with Crippen LogP contribution in [0.2, 0.25) is 0 Å². The van der Waals surface area contributed by atoms with Gasteiger partial charge in [-0.3, -0.25) is 9.79 Å². The lowest BCUT2D eigenvalue weighted by Crippen LogP contribution is -2.47. The highest BCUT2D eigenvalue weighted by Crippen LogP contribution is 2.19. The molecule has 0 aromatic rings. The molecule has 0 atom stereocenters. The Kier molecular flexibility index (Phi) is 10.5. The molecule has 1 rings (SSSR count). The minimum absolute atomic E-state index is 0. The third-order valence-electron chi connectivity index (χ3n) is 3.89. The van der Waals surface area contributed by atoms with Crippen molar-refractivity contribution in [1.29, 1.82) is 0 Å². The third-order valence-corrected chi connectivity index (χ3v) is 3.89. The zero-order valence-electron chi connectivity index (χ0n) is 14.3. The number of carbonyl (C=O) groups excluding carboxylic acids is 1. The van der Waals surface area contributed by atoms with Crippen molar-refractivity contribution in [2.75, 3.05) is 27.2 Å². The number of rotatable bonds is 6. The number of carbonyl (C=O) groups is 1. The Balaban J connectivity index is 0.00000441. The quantitative estimate of drug-likeness (QED) is 0.267. The second kappa shape index (κ2) is 10.9. The number of allylic oxidation sites excluding steroid dienone is 1. The second-order valence-electron chi connectivity index (χ2n) is 6.17. The van der Waals surface area contributed by atoms with Crippen molar-refractivity contribution in [2.24, 2.45) is 10.4 Å². The van der Waals surface area contributed by atoms with Crippen LogP contribution in [0, 0.1) is 5.41 Å². The molecule has 0 fully saturated rings. The van der Waals surface area contributed by atoms with Gasteiger partial charge >= 0.3 is 0 Å². The molecule has 0 unspecified atom stereocenters. The maximum atomic E-state index is 11.7. The number of hydrogen-bond donors (Lipinski definition) is 3. The van der Waals surface area contributed by atoms with E-state index in [9.17, 15) is 4.79 Å². The molecule has 0 saturated carbocycles. The standard InChI is InChI=1S/C16H30N4O.HI/c1-16(2,14(21)17-3)12-20-15(18-4)19-11-10-13-8-6-5-7-9-13;/h8H,5-7,9-12H2,1-4H3,(H,17,21)(H2,18,19,20);1H. The van der Waals surface area contributed by atoms with Crippen LogP contribution in [0.1, 0.15) is 46.0 Å². The molecular formula is C16H31IN4O. The largest absolute Gasteiger partial charge is 0.359 e. The van der Waals surface area contributed by atoms with E-state index in [2.05, 4.69) is 27.0 Å². The smallest absolute Gasteiger partial charge is 0.227 e. The van der Waals surface area contributed by atoms with Gasteiger partial charge in [-0.2, -0.15) is 0 Å². The summed E-state index contributed by atoms with van der Waals surface area (Å²) in [4.78, 5) is 15.9. The molecule has 1 aliphatic rings. The van der Waals surface area contributed by atoms with Gasteiger partial charge in [0.2, 0.25) is 5.91 Å². The molecule has 5 nitrogen and oxygen atoms in total. The Morgan fingerprint density at radius 3 is 2.59 bits per heavy atom. The summed E-state index contributed by atoms with van der Waals surface area (Å²) in [5.41, 5.74) is 1.09. The van der Waals surface area contributed by atoms with Gasteiger partial charge in [0.15, 0.2) is 5.96 Å². The van der Waals surface area contributed by atoms with Gasteiger partial charge in [-0.1, -0.05) is 11.6 Å². The fourth-order valence-corrected chi connectivity index (χ4v) is 2.42. The first-order valence-corrected chi connectivity index (χ1v) is 7.84. The molecule has 6 heteroatoms. The Labute approximate surface area is 151 Å². The lowest BCUT2D eigenvalue weighted by atomic mass is 9.92. The molecule has 22 heavy (non-hydrogen) atoms. The van der Waals surface area contributed by atoms with E-state index in [1.54, 1.807) is 19.7 Å². The van der Waals surface area contributed by atoms with Crippen molar-refractivity contribution in [3.05, 3.63) is 11.6 Å².